The average molecular weight is 342 g/mol. The quantitative estimate of drug-likeness (QED) is 0.895. The third kappa shape index (κ3) is 3.39. The van der Waals surface area contributed by atoms with Crippen molar-refractivity contribution in [3.8, 4) is 0 Å². The Bertz CT molecular complexity index is 588. The monoisotopic (exact) mass is 341 g/mol. The first kappa shape index (κ1) is 14.1. The molecule has 2 rings (SSSR count). The molecule has 0 aliphatic heterocycles. The molecule has 0 aromatic carbocycles. The van der Waals surface area contributed by atoms with Crippen molar-refractivity contribution in [2.75, 3.05) is 5.73 Å². The van der Waals surface area contributed by atoms with E-state index in [0.29, 0.717) is 17.9 Å². The summed E-state index contributed by atoms with van der Waals surface area (Å²) >= 11 is 5.01. The van der Waals surface area contributed by atoms with Crippen molar-refractivity contribution >= 4 is 38.9 Å². The van der Waals surface area contributed by atoms with E-state index in [2.05, 4.69) is 21.2 Å². The fourth-order valence-corrected chi connectivity index (χ4v) is 3.24. The highest BCUT2D eigenvalue weighted by Gasteiger charge is 2.14. The lowest BCUT2D eigenvalue weighted by Crippen LogP contribution is -2.25. The number of halogens is 1. The molecule has 0 bridgehead atoms. The lowest BCUT2D eigenvalue weighted by Gasteiger charge is -2.12. The maximum Gasteiger partial charge on any atom is 0.268 e. The van der Waals surface area contributed by atoms with Gasteiger partial charge in [0.25, 0.3) is 5.91 Å². The Kier molecular flexibility index (Phi) is 4.31. The standard InChI is InChI=1S/C13H16BrN3OS/c1-8(2)17-7-9(15)5-11(17)13(18)16-6-10-3-4-12(14)19-10/h3-5,7-8H,6,15H2,1-2H3,(H,16,18). The van der Waals surface area contributed by atoms with Crippen LogP contribution in [0.15, 0.2) is 28.2 Å². The Morgan fingerprint density at radius 2 is 2.26 bits per heavy atom. The van der Waals surface area contributed by atoms with Crippen LogP contribution in [-0.4, -0.2) is 10.5 Å². The summed E-state index contributed by atoms with van der Waals surface area (Å²) in [6.45, 7) is 4.57. The van der Waals surface area contributed by atoms with E-state index in [0.717, 1.165) is 8.66 Å². The predicted molar refractivity (Wildman–Crippen MR) is 82.4 cm³/mol. The number of carbonyl (C=O) groups excluding carboxylic acids is 1. The van der Waals surface area contributed by atoms with Gasteiger partial charge in [0.15, 0.2) is 0 Å². The molecule has 2 aromatic rings. The van der Waals surface area contributed by atoms with Gasteiger partial charge in [0.05, 0.1) is 16.0 Å². The molecule has 0 atom stereocenters. The van der Waals surface area contributed by atoms with Crippen molar-refractivity contribution in [2.24, 2.45) is 0 Å². The Balaban J connectivity index is 2.07. The van der Waals surface area contributed by atoms with Crippen molar-refractivity contribution in [3.63, 3.8) is 0 Å². The molecule has 19 heavy (non-hydrogen) atoms. The van der Waals surface area contributed by atoms with Crippen LogP contribution in [0.1, 0.15) is 35.3 Å². The third-order valence-electron chi connectivity index (χ3n) is 2.71. The summed E-state index contributed by atoms with van der Waals surface area (Å²) in [6.07, 6.45) is 1.79. The van der Waals surface area contributed by atoms with E-state index in [4.69, 9.17) is 5.73 Å². The number of nitrogens with one attached hydrogen (secondary N) is 1. The lowest BCUT2D eigenvalue weighted by atomic mass is 10.3. The van der Waals surface area contributed by atoms with Crippen molar-refractivity contribution in [1.29, 1.82) is 0 Å². The Hall–Kier alpha value is -1.27. The third-order valence-corrected chi connectivity index (χ3v) is 4.33. The van der Waals surface area contributed by atoms with Gasteiger partial charge in [-0.3, -0.25) is 4.79 Å². The molecule has 0 unspecified atom stereocenters. The molecule has 4 nitrogen and oxygen atoms in total. The zero-order valence-corrected chi connectivity index (χ0v) is 13.2. The number of rotatable bonds is 4. The predicted octanol–water partition coefficient (Wildman–Crippen LogP) is 3.41. The lowest BCUT2D eigenvalue weighted by molar-refractivity contribution is 0.0940. The molecule has 0 aliphatic carbocycles. The zero-order chi connectivity index (χ0) is 14.0. The van der Waals surface area contributed by atoms with Gasteiger partial charge in [0, 0.05) is 17.1 Å². The van der Waals surface area contributed by atoms with Gasteiger partial charge in [-0.1, -0.05) is 0 Å². The molecule has 2 heterocycles. The molecule has 0 fully saturated rings. The van der Waals surface area contributed by atoms with Gasteiger partial charge in [-0.25, -0.2) is 0 Å². The number of hydrogen-bond acceptors (Lipinski definition) is 3. The van der Waals surface area contributed by atoms with E-state index < -0.39 is 0 Å². The number of thiophene rings is 1. The van der Waals surface area contributed by atoms with Crippen LogP contribution < -0.4 is 11.1 Å². The smallest absolute Gasteiger partial charge is 0.268 e. The van der Waals surface area contributed by atoms with E-state index in [1.165, 1.54) is 0 Å². The molecule has 3 N–H and O–H groups in total. The summed E-state index contributed by atoms with van der Waals surface area (Å²) in [5, 5.41) is 2.91. The van der Waals surface area contributed by atoms with E-state index in [1.54, 1.807) is 23.6 Å². The van der Waals surface area contributed by atoms with E-state index in [-0.39, 0.29) is 11.9 Å². The highest BCUT2D eigenvalue weighted by Crippen LogP contribution is 2.22. The minimum Gasteiger partial charge on any atom is -0.397 e. The summed E-state index contributed by atoms with van der Waals surface area (Å²) in [5.41, 5.74) is 6.97. The highest BCUT2D eigenvalue weighted by molar-refractivity contribution is 9.11. The van der Waals surface area contributed by atoms with Crippen LogP contribution in [0.5, 0.6) is 0 Å². The van der Waals surface area contributed by atoms with E-state index >= 15 is 0 Å². The Labute approximate surface area is 124 Å². The molecule has 0 saturated carbocycles. The Morgan fingerprint density at radius 3 is 2.84 bits per heavy atom. The molecule has 0 spiro atoms. The van der Waals surface area contributed by atoms with Gasteiger partial charge in [0.1, 0.15) is 5.69 Å². The normalized spacial score (nSPS) is 10.9. The maximum atomic E-state index is 12.2. The first-order chi connectivity index (χ1) is 8.97. The van der Waals surface area contributed by atoms with Crippen molar-refractivity contribution in [1.82, 2.24) is 9.88 Å². The second-order valence-electron chi connectivity index (χ2n) is 4.55. The van der Waals surface area contributed by atoms with E-state index in [1.807, 2.05) is 30.5 Å². The second kappa shape index (κ2) is 5.79. The van der Waals surface area contributed by atoms with Gasteiger partial charge >= 0.3 is 0 Å². The molecule has 6 heteroatoms. The van der Waals surface area contributed by atoms with Gasteiger partial charge in [-0.15, -0.1) is 11.3 Å². The molecular weight excluding hydrogens is 326 g/mol. The molecular formula is C13H16BrN3OS. The Morgan fingerprint density at radius 1 is 1.53 bits per heavy atom. The van der Waals surface area contributed by atoms with Crippen LogP contribution >= 0.6 is 27.3 Å². The van der Waals surface area contributed by atoms with Crippen molar-refractivity contribution in [2.45, 2.75) is 26.4 Å². The summed E-state index contributed by atoms with van der Waals surface area (Å²) in [7, 11) is 0. The van der Waals surface area contributed by atoms with Gasteiger partial charge in [0.2, 0.25) is 0 Å². The van der Waals surface area contributed by atoms with Crippen LogP contribution in [0.2, 0.25) is 0 Å². The fourth-order valence-electron chi connectivity index (χ4n) is 1.81. The summed E-state index contributed by atoms with van der Waals surface area (Å²) in [4.78, 5) is 13.3. The zero-order valence-electron chi connectivity index (χ0n) is 10.8. The fraction of sp³-hybridized carbons (Fsp3) is 0.308. The number of carbonyl (C=O) groups is 1. The highest BCUT2D eigenvalue weighted by atomic mass is 79.9. The number of aromatic nitrogens is 1. The maximum absolute atomic E-state index is 12.2. The number of anilines is 1. The minimum atomic E-state index is -0.102. The molecule has 102 valence electrons. The van der Waals surface area contributed by atoms with Crippen LogP contribution in [0.25, 0.3) is 0 Å². The summed E-state index contributed by atoms with van der Waals surface area (Å²) in [6, 6.07) is 5.87. The van der Waals surface area contributed by atoms with Crippen molar-refractivity contribution < 1.29 is 4.79 Å². The van der Waals surface area contributed by atoms with Gasteiger partial charge < -0.3 is 15.6 Å². The van der Waals surface area contributed by atoms with Crippen molar-refractivity contribution in [3.05, 3.63) is 38.8 Å². The number of nitrogen functional groups attached to an aromatic ring is 1. The van der Waals surface area contributed by atoms with E-state index in [9.17, 15) is 4.79 Å². The molecule has 2 aromatic heterocycles. The molecule has 0 radical (unpaired) electrons. The first-order valence-electron chi connectivity index (χ1n) is 5.97. The average Bonchev–Trinajstić information content (AvgIpc) is 2.92. The first-order valence-corrected chi connectivity index (χ1v) is 7.58. The van der Waals surface area contributed by atoms with Gasteiger partial charge in [-0.05, 0) is 48.0 Å². The molecule has 0 saturated heterocycles. The SMILES string of the molecule is CC(C)n1cc(N)cc1C(=O)NCc1ccc(Br)s1. The van der Waals surface area contributed by atoms with Crippen LogP contribution in [0, 0.1) is 0 Å². The summed E-state index contributed by atoms with van der Waals surface area (Å²) in [5.74, 6) is -0.102. The van der Waals surface area contributed by atoms with Crippen LogP contribution in [0.4, 0.5) is 5.69 Å². The number of hydrogen-bond donors (Lipinski definition) is 2. The molecule has 0 aliphatic rings. The molecule has 1 amide bonds. The second-order valence-corrected chi connectivity index (χ2v) is 7.10. The van der Waals surface area contributed by atoms with Crippen LogP contribution in [-0.2, 0) is 6.54 Å². The minimum absolute atomic E-state index is 0.102. The number of nitrogens with two attached hydrogens (primary N) is 1. The van der Waals surface area contributed by atoms with Crippen LogP contribution in [0.3, 0.4) is 0 Å². The largest absolute Gasteiger partial charge is 0.397 e. The summed E-state index contributed by atoms with van der Waals surface area (Å²) < 4.78 is 2.95. The number of nitrogens with zero attached hydrogens (tertiary/aromatic N) is 1. The topological polar surface area (TPSA) is 60.0 Å². The van der Waals surface area contributed by atoms with Gasteiger partial charge in [-0.2, -0.15) is 0 Å². The number of amides is 1.